The first-order valence-corrected chi connectivity index (χ1v) is 7.87. The van der Waals surface area contributed by atoms with E-state index in [1.807, 2.05) is 13.8 Å². The molecule has 0 aliphatic carbocycles. The Morgan fingerprint density at radius 2 is 2.22 bits per heavy atom. The van der Waals surface area contributed by atoms with E-state index >= 15 is 0 Å². The van der Waals surface area contributed by atoms with E-state index in [1.54, 1.807) is 6.07 Å². The van der Waals surface area contributed by atoms with Crippen molar-refractivity contribution in [1.29, 1.82) is 0 Å². The number of likely N-dealkylation sites (N-methyl/N-ethyl adjacent to an activating group) is 1. The zero-order valence-electron chi connectivity index (χ0n) is 13.7. The minimum Gasteiger partial charge on any atom is -0.338 e. The molecular formula is C15H22N6O2. The fourth-order valence-corrected chi connectivity index (χ4v) is 2.82. The van der Waals surface area contributed by atoms with Crippen LogP contribution in [0.1, 0.15) is 36.2 Å². The molecule has 124 valence electrons. The highest BCUT2D eigenvalue weighted by Crippen LogP contribution is 2.23. The maximum absolute atomic E-state index is 11.7. The largest absolute Gasteiger partial charge is 0.338 e. The van der Waals surface area contributed by atoms with Crippen molar-refractivity contribution in [3.8, 4) is 0 Å². The lowest BCUT2D eigenvalue weighted by Gasteiger charge is -2.37. The quantitative estimate of drug-likeness (QED) is 0.878. The second kappa shape index (κ2) is 6.59. The van der Waals surface area contributed by atoms with Crippen LogP contribution in [0.4, 0.5) is 0 Å². The predicted octanol–water partition coefficient (Wildman–Crippen LogP) is 0.512. The number of aromatic amines is 1. The molecule has 23 heavy (non-hydrogen) atoms. The molecule has 1 aliphatic rings. The van der Waals surface area contributed by atoms with Crippen molar-refractivity contribution in [2.24, 2.45) is 0 Å². The zero-order valence-corrected chi connectivity index (χ0v) is 13.7. The highest BCUT2D eigenvalue weighted by atomic mass is 16.5. The Kier molecular flexibility index (Phi) is 4.53. The van der Waals surface area contributed by atoms with Gasteiger partial charge in [-0.3, -0.25) is 14.6 Å². The van der Waals surface area contributed by atoms with Crippen LogP contribution in [0.5, 0.6) is 0 Å². The molecule has 1 fully saturated rings. The number of hydrogen-bond acceptors (Lipinski definition) is 7. The van der Waals surface area contributed by atoms with Gasteiger partial charge in [-0.2, -0.15) is 4.98 Å². The average Bonchev–Trinajstić information content (AvgIpc) is 2.95. The number of hydrogen-bond donors (Lipinski definition) is 1. The zero-order chi connectivity index (χ0) is 16.4. The minimum absolute atomic E-state index is 0.0611. The van der Waals surface area contributed by atoms with Crippen molar-refractivity contribution in [2.75, 3.05) is 26.7 Å². The summed E-state index contributed by atoms with van der Waals surface area (Å²) in [5.41, 5.74) is 0.729. The molecule has 2 aromatic rings. The van der Waals surface area contributed by atoms with Crippen LogP contribution in [0, 0.1) is 6.92 Å². The van der Waals surface area contributed by atoms with E-state index in [9.17, 15) is 4.79 Å². The monoisotopic (exact) mass is 318 g/mol. The Bertz CT molecular complexity index is 725. The molecule has 0 bridgehead atoms. The third kappa shape index (κ3) is 3.65. The van der Waals surface area contributed by atoms with Gasteiger partial charge in [0.05, 0.1) is 6.54 Å². The van der Waals surface area contributed by atoms with E-state index < -0.39 is 0 Å². The molecule has 0 amide bonds. The normalized spacial score (nSPS) is 20.0. The summed E-state index contributed by atoms with van der Waals surface area (Å²) in [5, 5.41) is 3.88. The molecule has 1 saturated heterocycles. The smallest absolute Gasteiger partial charge is 0.251 e. The fourth-order valence-electron chi connectivity index (χ4n) is 2.82. The van der Waals surface area contributed by atoms with Gasteiger partial charge in [-0.1, -0.05) is 12.1 Å². The summed E-state index contributed by atoms with van der Waals surface area (Å²) in [7, 11) is 2.05. The van der Waals surface area contributed by atoms with Crippen LogP contribution in [0.25, 0.3) is 0 Å². The Hall–Kier alpha value is -2.06. The van der Waals surface area contributed by atoms with Gasteiger partial charge in [-0.25, -0.2) is 4.98 Å². The summed E-state index contributed by atoms with van der Waals surface area (Å²) in [4.78, 5) is 27.8. The van der Waals surface area contributed by atoms with Gasteiger partial charge in [0, 0.05) is 31.4 Å². The summed E-state index contributed by atoms with van der Waals surface area (Å²) in [6.07, 6.45) is 0.754. The predicted molar refractivity (Wildman–Crippen MR) is 83.9 cm³/mol. The van der Waals surface area contributed by atoms with E-state index in [0.717, 1.165) is 31.7 Å². The lowest BCUT2D eigenvalue weighted by Crippen LogP contribution is -2.46. The third-order valence-corrected chi connectivity index (χ3v) is 4.14. The van der Waals surface area contributed by atoms with Crippen molar-refractivity contribution in [1.82, 2.24) is 29.9 Å². The standard InChI is InChI=1S/C15H22N6O2/c1-4-11-7-14(22)18-13(17-11)9-21-6-5-20(3)12(8-21)15-16-10(2)19-23-15/h7,12H,4-6,8-9H2,1-3H3,(H,17,18,22). The van der Waals surface area contributed by atoms with E-state index in [1.165, 1.54) is 0 Å². The molecule has 0 aromatic carbocycles. The third-order valence-electron chi connectivity index (χ3n) is 4.14. The van der Waals surface area contributed by atoms with Gasteiger partial charge in [0.1, 0.15) is 11.9 Å². The number of nitrogens with one attached hydrogen (secondary N) is 1. The topological polar surface area (TPSA) is 91.2 Å². The molecule has 1 atom stereocenters. The summed E-state index contributed by atoms with van der Waals surface area (Å²) < 4.78 is 5.33. The van der Waals surface area contributed by atoms with Crippen LogP contribution in [0.2, 0.25) is 0 Å². The van der Waals surface area contributed by atoms with E-state index in [0.29, 0.717) is 24.1 Å². The molecule has 0 saturated carbocycles. The number of rotatable bonds is 4. The first-order chi connectivity index (χ1) is 11.0. The van der Waals surface area contributed by atoms with Crippen molar-refractivity contribution >= 4 is 0 Å². The molecule has 3 rings (SSSR count). The lowest BCUT2D eigenvalue weighted by atomic mass is 10.1. The van der Waals surface area contributed by atoms with Crippen molar-refractivity contribution in [3.63, 3.8) is 0 Å². The number of nitrogens with zero attached hydrogens (tertiary/aromatic N) is 5. The Morgan fingerprint density at radius 1 is 1.39 bits per heavy atom. The van der Waals surface area contributed by atoms with Gasteiger partial charge in [0.15, 0.2) is 5.82 Å². The average molecular weight is 318 g/mol. The highest BCUT2D eigenvalue weighted by Gasteiger charge is 2.30. The van der Waals surface area contributed by atoms with Crippen molar-refractivity contribution in [3.05, 3.63) is 39.7 Å². The van der Waals surface area contributed by atoms with Crippen LogP contribution < -0.4 is 5.56 Å². The molecule has 0 radical (unpaired) electrons. The van der Waals surface area contributed by atoms with Gasteiger partial charge >= 0.3 is 0 Å². The van der Waals surface area contributed by atoms with Gasteiger partial charge < -0.3 is 9.51 Å². The molecule has 2 aromatic heterocycles. The lowest BCUT2D eigenvalue weighted by molar-refractivity contribution is 0.0698. The van der Waals surface area contributed by atoms with Gasteiger partial charge in [-0.15, -0.1) is 0 Å². The van der Waals surface area contributed by atoms with Crippen LogP contribution in [0.3, 0.4) is 0 Å². The number of H-pyrrole nitrogens is 1. The fraction of sp³-hybridized carbons (Fsp3) is 0.600. The van der Waals surface area contributed by atoms with Crippen LogP contribution >= 0.6 is 0 Å². The van der Waals surface area contributed by atoms with Crippen LogP contribution in [0.15, 0.2) is 15.4 Å². The number of piperazine rings is 1. The summed E-state index contributed by atoms with van der Waals surface area (Å²) in [5.74, 6) is 1.99. The van der Waals surface area contributed by atoms with Crippen molar-refractivity contribution in [2.45, 2.75) is 32.9 Å². The molecule has 1 unspecified atom stereocenters. The van der Waals surface area contributed by atoms with E-state index in [-0.39, 0.29) is 11.6 Å². The SMILES string of the molecule is CCc1cc(=O)[nH]c(CN2CCN(C)C(c3nc(C)no3)C2)n1. The molecule has 8 nitrogen and oxygen atoms in total. The van der Waals surface area contributed by atoms with Gasteiger partial charge in [0.2, 0.25) is 5.89 Å². The van der Waals surface area contributed by atoms with Crippen LogP contribution in [-0.4, -0.2) is 56.6 Å². The second-order valence-corrected chi connectivity index (χ2v) is 5.95. The molecule has 1 N–H and O–H groups in total. The molecular weight excluding hydrogens is 296 g/mol. The van der Waals surface area contributed by atoms with Gasteiger partial charge in [-0.05, 0) is 20.4 Å². The first-order valence-electron chi connectivity index (χ1n) is 7.87. The minimum atomic E-state index is -0.0925. The maximum Gasteiger partial charge on any atom is 0.251 e. The Balaban J connectivity index is 1.74. The molecule has 8 heteroatoms. The van der Waals surface area contributed by atoms with Crippen LogP contribution in [-0.2, 0) is 13.0 Å². The Morgan fingerprint density at radius 3 is 2.91 bits per heavy atom. The molecule has 1 aliphatic heterocycles. The highest BCUT2D eigenvalue weighted by molar-refractivity contribution is 5.03. The summed E-state index contributed by atoms with van der Waals surface area (Å²) in [6, 6.07) is 1.61. The van der Waals surface area contributed by atoms with Gasteiger partial charge in [0.25, 0.3) is 5.56 Å². The second-order valence-electron chi connectivity index (χ2n) is 5.95. The van der Waals surface area contributed by atoms with E-state index in [4.69, 9.17) is 4.52 Å². The summed E-state index contributed by atoms with van der Waals surface area (Å²) >= 11 is 0. The number of aryl methyl sites for hydroxylation is 2. The first kappa shape index (κ1) is 15.8. The molecule has 3 heterocycles. The summed E-state index contributed by atoms with van der Waals surface area (Å²) in [6.45, 7) is 6.98. The number of aromatic nitrogens is 4. The Labute approximate surface area is 134 Å². The van der Waals surface area contributed by atoms with E-state index in [2.05, 4.69) is 37.0 Å². The molecule has 0 spiro atoms. The van der Waals surface area contributed by atoms with Crippen molar-refractivity contribution < 1.29 is 4.52 Å². The maximum atomic E-state index is 11.7.